The molecule has 0 heterocycles. The Morgan fingerprint density at radius 2 is 0.458 bits per heavy atom. The molecule has 334 valence electrons. The van der Waals surface area contributed by atoms with E-state index in [1.54, 1.807) is 0 Å². The predicted molar refractivity (Wildman–Crippen MR) is 306 cm³/mol. The van der Waals surface area contributed by atoms with Gasteiger partial charge < -0.3 is 9.80 Å². The molecule has 0 amide bonds. The molecule has 0 aromatic heterocycles. The normalized spacial score (nSPS) is 11.9. The summed E-state index contributed by atoms with van der Waals surface area (Å²) in [5.74, 6) is 0. The minimum Gasteiger partial charge on any atom is -0.310 e. The van der Waals surface area contributed by atoms with Crippen molar-refractivity contribution in [1.82, 2.24) is 0 Å². The third-order valence-corrected chi connectivity index (χ3v) is 15.3. The lowest BCUT2D eigenvalue weighted by Gasteiger charge is -2.28. The number of anilines is 6. The second kappa shape index (κ2) is 16.0. The van der Waals surface area contributed by atoms with Crippen molar-refractivity contribution in [2.45, 2.75) is 0 Å². The fraction of sp³-hybridized carbons (Fsp3) is 0. The van der Waals surface area contributed by atoms with E-state index in [1.807, 2.05) is 0 Å². The Morgan fingerprint density at radius 3 is 0.806 bits per heavy atom. The van der Waals surface area contributed by atoms with Crippen LogP contribution in [0.3, 0.4) is 0 Å². The Labute approximate surface area is 418 Å². The van der Waals surface area contributed by atoms with Crippen molar-refractivity contribution in [3.05, 3.63) is 267 Å². The number of nitrogens with zero attached hydrogens (tertiary/aromatic N) is 2. The van der Waals surface area contributed by atoms with Gasteiger partial charge in [0.2, 0.25) is 0 Å². The van der Waals surface area contributed by atoms with Gasteiger partial charge in [-0.05, 0) is 183 Å². The van der Waals surface area contributed by atoms with Crippen molar-refractivity contribution in [2.24, 2.45) is 0 Å². The van der Waals surface area contributed by atoms with Crippen LogP contribution in [0.15, 0.2) is 267 Å². The van der Waals surface area contributed by atoms with Crippen LogP contribution < -0.4 is 9.80 Å². The summed E-state index contributed by atoms with van der Waals surface area (Å²) in [4.78, 5) is 4.79. The van der Waals surface area contributed by atoms with Crippen molar-refractivity contribution >= 4 is 77.2 Å². The molecule has 0 bridgehead atoms. The Kier molecular flexibility index (Phi) is 8.99. The van der Waals surface area contributed by atoms with Crippen molar-refractivity contribution in [3.8, 4) is 66.8 Å². The number of benzene rings is 13. The Morgan fingerprint density at radius 1 is 0.167 bits per heavy atom. The Hall–Kier alpha value is -9.50. The van der Waals surface area contributed by atoms with E-state index in [9.17, 15) is 0 Å². The van der Waals surface area contributed by atoms with Crippen LogP contribution in [0.5, 0.6) is 0 Å². The summed E-state index contributed by atoms with van der Waals surface area (Å²) in [6.07, 6.45) is 0. The van der Waals surface area contributed by atoms with Gasteiger partial charge in [-0.25, -0.2) is 0 Å². The molecule has 0 N–H and O–H groups in total. The van der Waals surface area contributed by atoms with Gasteiger partial charge in [-0.2, -0.15) is 0 Å². The van der Waals surface area contributed by atoms with Gasteiger partial charge in [0.1, 0.15) is 0 Å². The summed E-state index contributed by atoms with van der Waals surface area (Å²) in [5.41, 5.74) is 21.9. The van der Waals surface area contributed by atoms with Gasteiger partial charge in [-0.1, -0.05) is 194 Å². The highest BCUT2D eigenvalue weighted by molar-refractivity contribution is 6.30. The first kappa shape index (κ1) is 40.4. The summed E-state index contributed by atoms with van der Waals surface area (Å²) in [6, 6.07) is 98.7. The molecule has 13 aromatic carbocycles. The Bertz CT molecular complexity index is 3900. The lowest BCUT2D eigenvalue weighted by Crippen LogP contribution is -2.10. The van der Waals surface area contributed by atoms with Gasteiger partial charge in [0.25, 0.3) is 0 Å². The molecular weight excluding hydrogens is 869 g/mol. The van der Waals surface area contributed by atoms with E-state index in [0.29, 0.717) is 0 Å². The molecule has 2 heteroatoms. The maximum absolute atomic E-state index is 2.47. The van der Waals surface area contributed by atoms with Crippen molar-refractivity contribution in [3.63, 3.8) is 0 Å². The van der Waals surface area contributed by atoms with Crippen LogP contribution in [0.4, 0.5) is 34.1 Å². The smallest absolute Gasteiger partial charge is 0.0468 e. The summed E-state index contributed by atoms with van der Waals surface area (Å²) in [5, 5.41) is 9.95. The average Bonchev–Trinajstić information content (AvgIpc) is 3.96. The van der Waals surface area contributed by atoms with E-state index in [2.05, 4.69) is 277 Å². The van der Waals surface area contributed by atoms with Crippen LogP contribution in [0, 0.1) is 0 Å². The molecule has 0 radical (unpaired) electrons. The molecule has 0 spiro atoms. The first-order valence-corrected chi connectivity index (χ1v) is 24.9. The highest BCUT2D eigenvalue weighted by Crippen LogP contribution is 2.56. The zero-order valence-electron chi connectivity index (χ0n) is 39.3. The summed E-state index contributed by atoms with van der Waals surface area (Å²) >= 11 is 0. The Balaban J connectivity index is 1.10. The van der Waals surface area contributed by atoms with E-state index in [1.165, 1.54) is 110 Å². The van der Waals surface area contributed by atoms with Gasteiger partial charge >= 0.3 is 0 Å². The van der Waals surface area contributed by atoms with Crippen LogP contribution in [0.2, 0.25) is 0 Å². The lowest BCUT2D eigenvalue weighted by atomic mass is 9.82. The molecule has 0 aliphatic heterocycles. The highest BCUT2D eigenvalue weighted by atomic mass is 15.1. The van der Waals surface area contributed by atoms with Gasteiger partial charge in [-0.3, -0.25) is 0 Å². The molecule has 13 aromatic rings. The van der Waals surface area contributed by atoms with Crippen molar-refractivity contribution in [1.29, 1.82) is 0 Å². The third-order valence-electron chi connectivity index (χ3n) is 15.3. The second-order valence-electron chi connectivity index (χ2n) is 19.1. The number of rotatable bonds is 8. The van der Waals surface area contributed by atoms with E-state index in [-0.39, 0.29) is 0 Å². The van der Waals surface area contributed by atoms with Gasteiger partial charge in [0.15, 0.2) is 0 Å². The topological polar surface area (TPSA) is 6.48 Å². The monoisotopic (exact) mass is 912 g/mol. The second-order valence-corrected chi connectivity index (χ2v) is 19.1. The van der Waals surface area contributed by atoms with Crippen LogP contribution in [-0.4, -0.2) is 0 Å². The maximum Gasteiger partial charge on any atom is 0.0468 e. The van der Waals surface area contributed by atoms with Gasteiger partial charge in [-0.15, -0.1) is 0 Å². The van der Waals surface area contributed by atoms with E-state index in [4.69, 9.17) is 0 Å². The lowest BCUT2D eigenvalue weighted by molar-refractivity contribution is 1.29. The molecule has 0 saturated carbocycles. The maximum atomic E-state index is 2.47. The minimum atomic E-state index is 1.09. The molecular formula is C70H44N2. The summed E-state index contributed by atoms with van der Waals surface area (Å²) < 4.78 is 0. The zero-order chi connectivity index (χ0) is 47.3. The number of hydrogen-bond acceptors (Lipinski definition) is 2. The standard InChI is InChI=1S/C70H44N2/c1-5-19-45(20-6-1)71(46-21-7-2-8-22-46)49-35-37-63-65(43-49)69(61-41-39-59-53-29-15-13-27-51(53)55-31-17-33-57(61)67(55)59)64-38-36-50(72(47-23-9-3-10-24-47)48-25-11-4-12-26-48)44-66(64)70(63)62-42-40-60-54-30-16-14-28-52(54)56-32-18-34-58(62)68(56)60/h1-44H. The SMILES string of the molecule is c1ccc(N(c2ccccc2)c2ccc3c(-c4ccc5c6c(cccc46)-c4ccccc4-5)c4cc(N(c5ccccc5)c5ccccc5)ccc4c(-c4ccc5c6c(cccc46)-c4ccccc4-5)c3c2)cc1. The summed E-state index contributed by atoms with van der Waals surface area (Å²) in [7, 11) is 0. The van der Waals surface area contributed by atoms with Crippen LogP contribution in [0.25, 0.3) is 110 Å². The molecule has 0 fully saturated rings. The molecule has 15 rings (SSSR count). The van der Waals surface area contributed by atoms with Crippen molar-refractivity contribution < 1.29 is 0 Å². The van der Waals surface area contributed by atoms with Crippen LogP contribution >= 0.6 is 0 Å². The molecule has 0 atom stereocenters. The first-order chi connectivity index (χ1) is 35.8. The molecule has 0 saturated heterocycles. The number of hydrogen-bond donors (Lipinski definition) is 0. The van der Waals surface area contributed by atoms with Gasteiger partial charge in [0.05, 0.1) is 0 Å². The van der Waals surface area contributed by atoms with Gasteiger partial charge in [0, 0.05) is 34.1 Å². The molecule has 2 aliphatic rings. The first-order valence-electron chi connectivity index (χ1n) is 24.9. The third kappa shape index (κ3) is 6.03. The van der Waals surface area contributed by atoms with E-state index >= 15 is 0 Å². The minimum absolute atomic E-state index is 1.09. The number of para-hydroxylation sites is 4. The fourth-order valence-corrected chi connectivity index (χ4v) is 12.3. The molecule has 2 aliphatic carbocycles. The molecule has 72 heavy (non-hydrogen) atoms. The van der Waals surface area contributed by atoms with Crippen LogP contribution in [0.1, 0.15) is 0 Å². The van der Waals surface area contributed by atoms with E-state index < -0.39 is 0 Å². The molecule has 0 unspecified atom stereocenters. The number of fused-ring (bicyclic) bond motifs is 8. The fourth-order valence-electron chi connectivity index (χ4n) is 12.3. The largest absolute Gasteiger partial charge is 0.310 e. The van der Waals surface area contributed by atoms with E-state index in [0.717, 1.165) is 34.1 Å². The highest BCUT2D eigenvalue weighted by Gasteiger charge is 2.28. The van der Waals surface area contributed by atoms with Crippen molar-refractivity contribution in [2.75, 3.05) is 9.80 Å². The molecule has 2 nitrogen and oxygen atoms in total. The van der Waals surface area contributed by atoms with Crippen LogP contribution in [-0.2, 0) is 0 Å². The summed E-state index contributed by atoms with van der Waals surface area (Å²) in [6.45, 7) is 0. The average molecular weight is 913 g/mol. The quantitative estimate of drug-likeness (QED) is 0.140. The zero-order valence-corrected chi connectivity index (χ0v) is 39.3. The predicted octanol–water partition coefficient (Wildman–Crippen LogP) is 19.9.